The summed E-state index contributed by atoms with van der Waals surface area (Å²) in [6.45, 7) is 15.0. The van der Waals surface area contributed by atoms with Crippen LogP contribution in [0.4, 0.5) is 0 Å². The third kappa shape index (κ3) is 2.11. The average Bonchev–Trinajstić information content (AvgIpc) is 2.19. The first-order chi connectivity index (χ1) is 6.86. The maximum absolute atomic E-state index is 4.70. The molecule has 0 aliphatic heterocycles. The van der Waals surface area contributed by atoms with Gasteiger partial charge in [-0.3, -0.25) is 4.98 Å². The van der Waals surface area contributed by atoms with Gasteiger partial charge in [-0.2, -0.15) is 0 Å². The Labute approximate surface area is 93.2 Å². The lowest BCUT2D eigenvalue weighted by Gasteiger charge is -2.14. The topological polar surface area (TPSA) is 12.9 Å². The van der Waals surface area contributed by atoms with Crippen LogP contribution in [0.25, 0.3) is 5.57 Å². The van der Waals surface area contributed by atoms with Crippen molar-refractivity contribution in [2.75, 3.05) is 0 Å². The van der Waals surface area contributed by atoms with E-state index in [2.05, 4.69) is 48.5 Å². The zero-order valence-electron chi connectivity index (χ0n) is 10.9. The molecular formula is C14H21N. The predicted molar refractivity (Wildman–Crippen MR) is 67.1 cm³/mol. The second-order valence-corrected chi connectivity index (χ2v) is 4.55. The van der Waals surface area contributed by atoms with Crippen LogP contribution in [0.3, 0.4) is 0 Å². The summed E-state index contributed by atoms with van der Waals surface area (Å²) in [5.41, 5.74) is 8.96. The number of aryl methyl sites for hydroxylation is 1. The summed E-state index contributed by atoms with van der Waals surface area (Å²) in [6, 6.07) is 0. The van der Waals surface area contributed by atoms with E-state index in [9.17, 15) is 0 Å². The highest BCUT2D eigenvalue weighted by Crippen LogP contribution is 2.25. The predicted octanol–water partition coefficient (Wildman–Crippen LogP) is 4.13. The molecule has 82 valence electrons. The van der Waals surface area contributed by atoms with Crippen LogP contribution in [-0.2, 0) is 0 Å². The van der Waals surface area contributed by atoms with Crippen molar-refractivity contribution in [2.45, 2.75) is 48.5 Å². The second-order valence-electron chi connectivity index (χ2n) is 4.55. The molecule has 1 heteroatoms. The van der Waals surface area contributed by atoms with Gasteiger partial charge in [-0.05, 0) is 70.7 Å². The standard InChI is InChI=1S/C14H21N/c1-8(2)9(3)14-12(6)10(4)11(5)13(7)15-14/h1-7H3. The number of hydrogen-bond donors (Lipinski definition) is 0. The SMILES string of the molecule is CC(C)=C(C)c1nc(C)c(C)c(C)c1C. The van der Waals surface area contributed by atoms with Crippen LogP contribution in [0.15, 0.2) is 5.57 Å². The maximum atomic E-state index is 4.70. The Kier molecular flexibility index (Phi) is 3.33. The Morgan fingerprint density at radius 1 is 0.800 bits per heavy atom. The fourth-order valence-electron chi connectivity index (χ4n) is 1.67. The molecule has 0 N–H and O–H groups in total. The van der Waals surface area contributed by atoms with Crippen molar-refractivity contribution in [1.82, 2.24) is 4.98 Å². The van der Waals surface area contributed by atoms with Gasteiger partial charge in [0.1, 0.15) is 0 Å². The van der Waals surface area contributed by atoms with Gasteiger partial charge in [0.25, 0.3) is 0 Å². The monoisotopic (exact) mass is 203 g/mol. The molecule has 0 aliphatic rings. The first-order valence-corrected chi connectivity index (χ1v) is 5.45. The van der Waals surface area contributed by atoms with Crippen LogP contribution in [0, 0.1) is 27.7 Å². The molecule has 0 saturated heterocycles. The van der Waals surface area contributed by atoms with E-state index >= 15 is 0 Å². The number of nitrogens with zero attached hydrogens (tertiary/aromatic N) is 1. The minimum absolute atomic E-state index is 1.15. The Morgan fingerprint density at radius 3 is 1.80 bits per heavy atom. The summed E-state index contributed by atoms with van der Waals surface area (Å²) in [5, 5.41) is 0. The van der Waals surface area contributed by atoms with E-state index in [4.69, 9.17) is 4.98 Å². The van der Waals surface area contributed by atoms with Gasteiger partial charge in [0, 0.05) is 5.69 Å². The highest BCUT2D eigenvalue weighted by Gasteiger charge is 2.10. The molecule has 1 aromatic heterocycles. The van der Waals surface area contributed by atoms with Crippen LogP contribution >= 0.6 is 0 Å². The van der Waals surface area contributed by atoms with Gasteiger partial charge in [-0.25, -0.2) is 0 Å². The largest absolute Gasteiger partial charge is 0.253 e. The molecule has 0 fully saturated rings. The van der Waals surface area contributed by atoms with Gasteiger partial charge in [0.05, 0.1) is 5.69 Å². The molecule has 0 bridgehead atoms. The number of hydrogen-bond acceptors (Lipinski definition) is 1. The third-order valence-corrected chi connectivity index (χ3v) is 3.41. The zero-order chi connectivity index (χ0) is 11.7. The Balaban J connectivity index is 3.53. The first kappa shape index (κ1) is 12.0. The smallest absolute Gasteiger partial charge is 0.0693 e. The van der Waals surface area contributed by atoms with Crippen molar-refractivity contribution in [2.24, 2.45) is 0 Å². The lowest BCUT2D eigenvalue weighted by molar-refractivity contribution is 1.06. The van der Waals surface area contributed by atoms with Crippen LogP contribution in [0.5, 0.6) is 0 Å². The summed E-state index contributed by atoms with van der Waals surface area (Å²) < 4.78 is 0. The molecule has 1 aromatic rings. The van der Waals surface area contributed by atoms with E-state index in [0.29, 0.717) is 0 Å². The Hall–Kier alpha value is -1.11. The number of rotatable bonds is 1. The van der Waals surface area contributed by atoms with E-state index in [0.717, 1.165) is 11.4 Å². The molecular weight excluding hydrogens is 182 g/mol. The van der Waals surface area contributed by atoms with Crippen molar-refractivity contribution in [3.63, 3.8) is 0 Å². The molecule has 1 nitrogen and oxygen atoms in total. The van der Waals surface area contributed by atoms with E-state index in [1.807, 2.05) is 0 Å². The van der Waals surface area contributed by atoms with E-state index in [-0.39, 0.29) is 0 Å². The summed E-state index contributed by atoms with van der Waals surface area (Å²) in [5.74, 6) is 0. The lowest BCUT2D eigenvalue weighted by Crippen LogP contribution is -2.01. The fraction of sp³-hybridized carbons (Fsp3) is 0.500. The van der Waals surface area contributed by atoms with Crippen LogP contribution < -0.4 is 0 Å². The molecule has 0 amide bonds. The highest BCUT2D eigenvalue weighted by molar-refractivity contribution is 5.67. The minimum Gasteiger partial charge on any atom is -0.253 e. The molecule has 0 unspecified atom stereocenters. The average molecular weight is 203 g/mol. The van der Waals surface area contributed by atoms with E-state index in [1.54, 1.807) is 0 Å². The molecule has 1 rings (SSSR count). The summed E-state index contributed by atoms with van der Waals surface area (Å²) in [4.78, 5) is 4.70. The van der Waals surface area contributed by atoms with E-state index < -0.39 is 0 Å². The summed E-state index contributed by atoms with van der Waals surface area (Å²) >= 11 is 0. The minimum atomic E-state index is 1.15. The van der Waals surface area contributed by atoms with E-state index in [1.165, 1.54) is 27.8 Å². The van der Waals surface area contributed by atoms with Gasteiger partial charge in [0.15, 0.2) is 0 Å². The molecule has 1 heterocycles. The van der Waals surface area contributed by atoms with Crippen molar-refractivity contribution >= 4 is 5.57 Å². The number of pyridine rings is 1. The van der Waals surface area contributed by atoms with Crippen molar-refractivity contribution in [3.05, 3.63) is 33.7 Å². The number of aromatic nitrogens is 1. The van der Waals surface area contributed by atoms with Crippen LogP contribution in [0.2, 0.25) is 0 Å². The maximum Gasteiger partial charge on any atom is 0.0693 e. The van der Waals surface area contributed by atoms with Gasteiger partial charge in [-0.1, -0.05) is 5.57 Å². The van der Waals surface area contributed by atoms with Crippen molar-refractivity contribution in [3.8, 4) is 0 Å². The highest BCUT2D eigenvalue weighted by atomic mass is 14.7. The normalized spacial score (nSPS) is 10.3. The molecule has 15 heavy (non-hydrogen) atoms. The Morgan fingerprint density at radius 2 is 1.33 bits per heavy atom. The lowest BCUT2D eigenvalue weighted by atomic mass is 9.97. The third-order valence-electron chi connectivity index (χ3n) is 3.41. The molecule has 0 aromatic carbocycles. The molecule has 0 atom stereocenters. The van der Waals surface area contributed by atoms with Gasteiger partial charge in [0.2, 0.25) is 0 Å². The van der Waals surface area contributed by atoms with Gasteiger partial charge in [-0.15, -0.1) is 0 Å². The van der Waals surface area contributed by atoms with Crippen molar-refractivity contribution in [1.29, 1.82) is 0 Å². The van der Waals surface area contributed by atoms with Crippen molar-refractivity contribution < 1.29 is 0 Å². The number of allylic oxidation sites excluding steroid dienone is 2. The molecule has 0 aliphatic carbocycles. The molecule has 0 spiro atoms. The Bertz CT molecular complexity index is 421. The fourth-order valence-corrected chi connectivity index (χ4v) is 1.67. The zero-order valence-corrected chi connectivity index (χ0v) is 10.9. The van der Waals surface area contributed by atoms with Crippen LogP contribution in [-0.4, -0.2) is 4.98 Å². The summed E-state index contributed by atoms with van der Waals surface area (Å²) in [7, 11) is 0. The van der Waals surface area contributed by atoms with Gasteiger partial charge >= 0.3 is 0 Å². The molecule has 0 radical (unpaired) electrons. The quantitative estimate of drug-likeness (QED) is 0.668. The molecule has 0 saturated carbocycles. The summed E-state index contributed by atoms with van der Waals surface area (Å²) in [6.07, 6.45) is 0. The van der Waals surface area contributed by atoms with Gasteiger partial charge < -0.3 is 0 Å². The second kappa shape index (κ2) is 4.18. The van der Waals surface area contributed by atoms with Crippen LogP contribution in [0.1, 0.15) is 48.8 Å². The first-order valence-electron chi connectivity index (χ1n) is 5.45.